The van der Waals surface area contributed by atoms with E-state index >= 15 is 0 Å². The van der Waals surface area contributed by atoms with Gasteiger partial charge in [-0.2, -0.15) is 0 Å². The van der Waals surface area contributed by atoms with Crippen molar-refractivity contribution in [1.82, 2.24) is 0 Å². The molecule has 0 aromatic carbocycles. The van der Waals surface area contributed by atoms with Gasteiger partial charge in [0.1, 0.15) is 13.1 Å². The minimum atomic E-state index is 0.508. The molecule has 0 radical (unpaired) electrons. The number of quaternary nitrogens is 2. The van der Waals surface area contributed by atoms with Crippen molar-refractivity contribution < 1.29 is 14.6 Å². The van der Waals surface area contributed by atoms with E-state index in [0.717, 1.165) is 18.8 Å². The first-order valence-electron chi connectivity index (χ1n) is 7.58. The average molecular weight is 292 g/mol. The van der Waals surface area contributed by atoms with Crippen molar-refractivity contribution in [2.45, 2.75) is 32.4 Å². The Bertz CT molecular complexity index is 514. The summed E-state index contributed by atoms with van der Waals surface area (Å²) in [5.41, 5.74) is 0. The van der Waals surface area contributed by atoms with E-state index in [2.05, 4.69) is 30.4 Å². The van der Waals surface area contributed by atoms with E-state index in [1.807, 2.05) is 17.4 Å². The summed E-state index contributed by atoms with van der Waals surface area (Å²) in [6.07, 6.45) is 4.52. The summed E-state index contributed by atoms with van der Waals surface area (Å²) in [4.78, 5) is 4.57. The molecule has 3 nitrogen and oxygen atoms in total. The molecule has 0 amide bonds. The molecule has 1 atom stereocenters. The van der Waals surface area contributed by atoms with Gasteiger partial charge in [0.2, 0.25) is 0 Å². The quantitative estimate of drug-likeness (QED) is 0.822. The predicted molar refractivity (Wildman–Crippen MR) is 80.9 cm³/mol. The van der Waals surface area contributed by atoms with Crippen molar-refractivity contribution in [3.8, 4) is 0 Å². The molecule has 3 heterocycles. The lowest BCUT2D eigenvalue weighted by Crippen LogP contribution is -3.13. The van der Waals surface area contributed by atoms with Gasteiger partial charge in [-0.25, -0.2) is 0 Å². The van der Waals surface area contributed by atoms with Crippen LogP contribution in [-0.4, -0.2) is 19.6 Å². The average Bonchev–Trinajstić information content (AvgIpc) is 3.18. The second-order valence-corrected chi connectivity index (χ2v) is 7.05. The lowest BCUT2D eigenvalue weighted by atomic mass is 10.2. The highest BCUT2D eigenvalue weighted by atomic mass is 32.1. The second-order valence-electron chi connectivity index (χ2n) is 5.67. The van der Waals surface area contributed by atoms with Gasteiger partial charge in [0.25, 0.3) is 0 Å². The number of likely N-dealkylation sites (tertiary alicyclic amines) is 1. The van der Waals surface area contributed by atoms with Crippen LogP contribution in [0.15, 0.2) is 34.9 Å². The van der Waals surface area contributed by atoms with Crippen LogP contribution in [0.3, 0.4) is 0 Å². The van der Waals surface area contributed by atoms with Gasteiger partial charge in [0, 0.05) is 17.7 Å². The summed E-state index contributed by atoms with van der Waals surface area (Å²) in [5, 5.41) is 2.43. The largest absolute Gasteiger partial charge is 0.463 e. The molecule has 0 saturated carbocycles. The maximum absolute atomic E-state index is 5.68. The molecule has 1 saturated heterocycles. The van der Waals surface area contributed by atoms with Crippen LogP contribution in [-0.2, 0) is 6.54 Å². The van der Waals surface area contributed by atoms with Crippen LogP contribution in [0, 0.1) is 6.92 Å². The van der Waals surface area contributed by atoms with Crippen LogP contribution in [0.5, 0.6) is 0 Å². The lowest BCUT2D eigenvalue weighted by Gasteiger charge is -2.21. The molecule has 2 aromatic heterocycles. The van der Waals surface area contributed by atoms with Gasteiger partial charge in [-0.15, -0.1) is 11.3 Å². The first kappa shape index (κ1) is 13.9. The zero-order valence-corrected chi connectivity index (χ0v) is 12.9. The number of nitrogens with one attached hydrogen (secondary N) is 1. The maximum Gasteiger partial charge on any atom is 0.195 e. The zero-order chi connectivity index (χ0) is 13.8. The van der Waals surface area contributed by atoms with Gasteiger partial charge < -0.3 is 14.6 Å². The van der Waals surface area contributed by atoms with Gasteiger partial charge in [-0.3, -0.25) is 0 Å². The molecule has 1 aliphatic heterocycles. The number of rotatable bonds is 6. The van der Waals surface area contributed by atoms with Crippen LogP contribution >= 0.6 is 11.3 Å². The molecule has 2 aromatic rings. The SMILES string of the molecule is Cc1ccc(C[NH2+]C[C@H](c2ccco2)[NH+]2CCCC2)s1. The minimum absolute atomic E-state index is 0.508. The first-order valence-corrected chi connectivity index (χ1v) is 8.39. The molecule has 3 rings (SSSR count). The normalized spacial score (nSPS) is 17.6. The van der Waals surface area contributed by atoms with E-state index in [4.69, 9.17) is 4.42 Å². The minimum Gasteiger partial charge on any atom is -0.463 e. The van der Waals surface area contributed by atoms with Gasteiger partial charge >= 0.3 is 0 Å². The standard InChI is InChI=1S/C16H22N2OS/c1-13-6-7-14(20-13)11-17-12-15(16-5-4-10-19-16)18-8-2-3-9-18/h4-7,10,15,17H,2-3,8-9,11-12H2,1H3/p+2/t15-/m1/s1. The molecular weight excluding hydrogens is 268 g/mol. The lowest BCUT2D eigenvalue weighted by molar-refractivity contribution is -0.936. The Morgan fingerprint density at radius 3 is 2.80 bits per heavy atom. The fourth-order valence-corrected chi connectivity index (χ4v) is 4.03. The van der Waals surface area contributed by atoms with E-state index in [1.54, 1.807) is 11.2 Å². The summed E-state index contributed by atoms with van der Waals surface area (Å²) < 4.78 is 5.68. The monoisotopic (exact) mass is 292 g/mol. The Hall–Kier alpha value is -1.10. The van der Waals surface area contributed by atoms with Crippen LogP contribution in [0.25, 0.3) is 0 Å². The van der Waals surface area contributed by atoms with E-state index in [9.17, 15) is 0 Å². The molecule has 1 fully saturated rings. The van der Waals surface area contributed by atoms with Gasteiger partial charge in [-0.1, -0.05) is 0 Å². The Labute approximate surface area is 124 Å². The highest BCUT2D eigenvalue weighted by Gasteiger charge is 2.30. The van der Waals surface area contributed by atoms with Crippen molar-refractivity contribution in [3.05, 3.63) is 46.0 Å². The molecule has 0 bridgehead atoms. The highest BCUT2D eigenvalue weighted by Crippen LogP contribution is 2.14. The molecule has 4 heteroatoms. The molecule has 1 aliphatic rings. The number of aryl methyl sites for hydroxylation is 1. The summed E-state index contributed by atoms with van der Waals surface area (Å²) in [6, 6.07) is 9.12. The number of thiophene rings is 1. The highest BCUT2D eigenvalue weighted by molar-refractivity contribution is 7.11. The Kier molecular flexibility index (Phi) is 4.55. The molecule has 0 aliphatic carbocycles. The van der Waals surface area contributed by atoms with Crippen LogP contribution < -0.4 is 10.2 Å². The first-order chi connectivity index (χ1) is 9.83. The molecule has 108 valence electrons. The Morgan fingerprint density at radius 1 is 1.30 bits per heavy atom. The third-order valence-corrected chi connectivity index (χ3v) is 5.19. The third-order valence-electron chi connectivity index (χ3n) is 4.17. The second kappa shape index (κ2) is 6.57. The number of furan rings is 1. The van der Waals surface area contributed by atoms with E-state index < -0.39 is 0 Å². The molecule has 3 N–H and O–H groups in total. The van der Waals surface area contributed by atoms with E-state index in [1.165, 1.54) is 35.7 Å². The molecule has 20 heavy (non-hydrogen) atoms. The van der Waals surface area contributed by atoms with E-state index in [0.29, 0.717) is 6.04 Å². The third kappa shape index (κ3) is 3.32. The van der Waals surface area contributed by atoms with Crippen molar-refractivity contribution in [3.63, 3.8) is 0 Å². The number of nitrogens with two attached hydrogens (primary N) is 1. The van der Waals surface area contributed by atoms with Crippen molar-refractivity contribution in [2.75, 3.05) is 19.6 Å². The summed E-state index contributed by atoms with van der Waals surface area (Å²) >= 11 is 1.91. The van der Waals surface area contributed by atoms with Crippen molar-refractivity contribution in [2.24, 2.45) is 0 Å². The zero-order valence-electron chi connectivity index (χ0n) is 12.1. The fraction of sp³-hybridized carbons (Fsp3) is 0.500. The maximum atomic E-state index is 5.68. The van der Waals surface area contributed by atoms with Gasteiger partial charge in [0.15, 0.2) is 11.8 Å². The fourth-order valence-electron chi connectivity index (χ4n) is 3.14. The Morgan fingerprint density at radius 2 is 2.15 bits per heavy atom. The van der Waals surface area contributed by atoms with E-state index in [-0.39, 0.29) is 0 Å². The summed E-state index contributed by atoms with van der Waals surface area (Å²) in [5.74, 6) is 1.15. The summed E-state index contributed by atoms with van der Waals surface area (Å²) in [7, 11) is 0. The van der Waals surface area contributed by atoms with Gasteiger partial charge in [0.05, 0.1) is 24.2 Å². The smallest absolute Gasteiger partial charge is 0.195 e. The number of hydrogen-bond donors (Lipinski definition) is 2. The number of hydrogen-bond acceptors (Lipinski definition) is 2. The van der Waals surface area contributed by atoms with Crippen LogP contribution in [0.1, 0.15) is 34.4 Å². The summed E-state index contributed by atoms with van der Waals surface area (Å²) in [6.45, 7) is 6.95. The van der Waals surface area contributed by atoms with Crippen molar-refractivity contribution >= 4 is 11.3 Å². The Balaban J connectivity index is 1.58. The topological polar surface area (TPSA) is 34.2 Å². The molecule has 0 unspecified atom stereocenters. The van der Waals surface area contributed by atoms with Crippen LogP contribution in [0.2, 0.25) is 0 Å². The predicted octanol–water partition coefficient (Wildman–Crippen LogP) is 1.13. The van der Waals surface area contributed by atoms with Crippen LogP contribution in [0.4, 0.5) is 0 Å². The van der Waals surface area contributed by atoms with Gasteiger partial charge in [-0.05, 0) is 31.2 Å². The molecular formula is C16H24N2OS+2. The van der Waals surface area contributed by atoms with Crippen molar-refractivity contribution in [1.29, 1.82) is 0 Å². The molecule has 0 spiro atoms.